The third-order valence-electron chi connectivity index (χ3n) is 1.53. The van der Waals surface area contributed by atoms with Crippen LogP contribution in [0.4, 0.5) is 5.69 Å². The molecule has 0 bridgehead atoms. The normalized spacial score (nSPS) is 8.54. The lowest BCUT2D eigenvalue weighted by atomic mass is 10.1. The van der Waals surface area contributed by atoms with Crippen LogP contribution in [0, 0.1) is 0 Å². The number of para-hydroxylation sites is 1. The first kappa shape index (κ1) is 11.7. The molecule has 3 N–H and O–H groups in total. The van der Waals surface area contributed by atoms with E-state index in [1.807, 2.05) is 32.0 Å². The van der Waals surface area contributed by atoms with E-state index in [2.05, 4.69) is 6.58 Å². The molecule has 0 amide bonds. The highest BCUT2D eigenvalue weighted by Crippen LogP contribution is 2.18. The summed E-state index contributed by atoms with van der Waals surface area (Å²) in [5.74, 6) is 0. The van der Waals surface area contributed by atoms with Gasteiger partial charge < -0.3 is 10.8 Å². The molecule has 2 heteroatoms. The molecule has 0 spiro atoms. The number of hydrogen-bond donors (Lipinski definition) is 2. The molecule has 0 aliphatic carbocycles. The van der Waals surface area contributed by atoms with Crippen LogP contribution in [-0.2, 0) is 0 Å². The molecule has 72 valence electrons. The van der Waals surface area contributed by atoms with Crippen molar-refractivity contribution in [2.24, 2.45) is 0 Å². The van der Waals surface area contributed by atoms with Crippen LogP contribution >= 0.6 is 0 Å². The Labute approximate surface area is 79.7 Å². The quantitative estimate of drug-likeness (QED) is 0.684. The molecular weight excluding hydrogens is 162 g/mol. The number of hydrogen-bond acceptors (Lipinski definition) is 2. The summed E-state index contributed by atoms with van der Waals surface area (Å²) < 4.78 is 0. The number of rotatable bonds is 2. The van der Waals surface area contributed by atoms with Crippen molar-refractivity contribution in [2.75, 3.05) is 12.3 Å². The average molecular weight is 179 g/mol. The first-order chi connectivity index (χ1) is 6.25. The van der Waals surface area contributed by atoms with Gasteiger partial charge in [0, 0.05) is 11.3 Å². The summed E-state index contributed by atoms with van der Waals surface area (Å²) in [5.41, 5.74) is 7.77. The molecule has 2 nitrogen and oxygen atoms in total. The van der Waals surface area contributed by atoms with Gasteiger partial charge in [0.1, 0.15) is 0 Å². The van der Waals surface area contributed by atoms with Crippen molar-refractivity contribution in [3.05, 3.63) is 36.4 Å². The Hall–Kier alpha value is -1.28. The molecule has 0 saturated heterocycles. The van der Waals surface area contributed by atoms with Gasteiger partial charge in [0.25, 0.3) is 0 Å². The molecule has 0 radical (unpaired) electrons. The van der Waals surface area contributed by atoms with Crippen molar-refractivity contribution in [1.29, 1.82) is 0 Å². The third kappa shape index (κ3) is 3.30. The minimum atomic E-state index is -0.0474. The number of nitrogens with two attached hydrogens (primary N) is 1. The van der Waals surface area contributed by atoms with E-state index in [9.17, 15) is 0 Å². The maximum atomic E-state index is 8.76. The first-order valence-electron chi connectivity index (χ1n) is 4.39. The molecule has 0 saturated carbocycles. The average Bonchev–Trinajstić information content (AvgIpc) is 2.20. The lowest BCUT2D eigenvalue weighted by molar-refractivity contribution is 0.350. The summed E-state index contributed by atoms with van der Waals surface area (Å²) in [4.78, 5) is 0. The fraction of sp³-hybridized carbons (Fsp3) is 0.273. The van der Waals surface area contributed by atoms with Gasteiger partial charge in [-0.05, 0) is 11.6 Å². The molecule has 0 fully saturated rings. The van der Waals surface area contributed by atoms with Gasteiger partial charge >= 0.3 is 0 Å². The van der Waals surface area contributed by atoms with Gasteiger partial charge in [-0.3, -0.25) is 0 Å². The van der Waals surface area contributed by atoms with E-state index >= 15 is 0 Å². The molecule has 13 heavy (non-hydrogen) atoms. The van der Waals surface area contributed by atoms with Crippen LogP contribution in [0.3, 0.4) is 0 Å². The minimum absolute atomic E-state index is 0.0474. The van der Waals surface area contributed by atoms with Gasteiger partial charge in [0.15, 0.2) is 0 Å². The molecule has 0 atom stereocenters. The Kier molecular flexibility index (Phi) is 5.64. The molecule has 1 rings (SSSR count). The molecule has 0 aliphatic heterocycles. The van der Waals surface area contributed by atoms with Gasteiger partial charge in [-0.15, -0.1) is 0 Å². The fourth-order valence-corrected chi connectivity index (χ4v) is 0.904. The zero-order valence-electron chi connectivity index (χ0n) is 8.25. The van der Waals surface area contributed by atoms with Gasteiger partial charge in [-0.25, -0.2) is 0 Å². The van der Waals surface area contributed by atoms with Crippen LogP contribution in [0.2, 0.25) is 0 Å². The Morgan fingerprint density at radius 2 is 1.92 bits per heavy atom. The number of anilines is 1. The molecule has 1 aromatic rings. The Bertz CT molecular complexity index is 269. The summed E-state index contributed by atoms with van der Waals surface area (Å²) in [6, 6.07) is 7.35. The van der Waals surface area contributed by atoms with Crippen LogP contribution in [-0.4, -0.2) is 11.7 Å². The SMILES string of the molecule is C=C(CO)c1ccccc1N.CC. The van der Waals surface area contributed by atoms with E-state index in [0.29, 0.717) is 11.3 Å². The number of aliphatic hydroxyl groups is 1. The summed E-state index contributed by atoms with van der Waals surface area (Å²) in [6.45, 7) is 7.63. The van der Waals surface area contributed by atoms with Crippen LogP contribution < -0.4 is 5.73 Å². The molecular formula is C11H17NO. The van der Waals surface area contributed by atoms with Crippen LogP contribution in [0.5, 0.6) is 0 Å². The monoisotopic (exact) mass is 179 g/mol. The van der Waals surface area contributed by atoms with Crippen LogP contribution in [0.1, 0.15) is 19.4 Å². The number of aliphatic hydroxyl groups excluding tert-OH is 1. The second kappa shape index (κ2) is 6.26. The first-order valence-corrected chi connectivity index (χ1v) is 4.39. The van der Waals surface area contributed by atoms with E-state index in [1.165, 1.54) is 0 Å². The highest BCUT2D eigenvalue weighted by atomic mass is 16.3. The second-order valence-corrected chi connectivity index (χ2v) is 2.35. The summed E-state index contributed by atoms with van der Waals surface area (Å²) in [6.07, 6.45) is 0. The van der Waals surface area contributed by atoms with Crippen LogP contribution in [0.25, 0.3) is 5.57 Å². The second-order valence-electron chi connectivity index (χ2n) is 2.35. The third-order valence-corrected chi connectivity index (χ3v) is 1.53. The smallest absolute Gasteiger partial charge is 0.0682 e. The summed E-state index contributed by atoms with van der Waals surface area (Å²) >= 11 is 0. The van der Waals surface area contributed by atoms with Crippen molar-refractivity contribution in [3.63, 3.8) is 0 Å². The maximum Gasteiger partial charge on any atom is 0.0682 e. The van der Waals surface area contributed by atoms with Crippen LogP contribution in [0.15, 0.2) is 30.8 Å². The predicted octanol–water partition coefficient (Wildman–Crippen LogP) is 2.30. The van der Waals surface area contributed by atoms with E-state index in [4.69, 9.17) is 10.8 Å². The van der Waals surface area contributed by atoms with Gasteiger partial charge in [0.2, 0.25) is 0 Å². The summed E-state index contributed by atoms with van der Waals surface area (Å²) in [7, 11) is 0. The zero-order chi connectivity index (χ0) is 10.3. The standard InChI is InChI=1S/C9H11NO.C2H6/c1-7(6-11)8-4-2-3-5-9(8)10;1-2/h2-5,11H,1,6,10H2;1-2H3. The Balaban J connectivity index is 0.000000671. The van der Waals surface area contributed by atoms with Gasteiger partial charge in [-0.2, -0.15) is 0 Å². The van der Waals surface area contributed by atoms with E-state index in [0.717, 1.165) is 5.56 Å². The number of benzene rings is 1. The molecule has 0 aliphatic rings. The molecule has 0 aromatic heterocycles. The predicted molar refractivity (Wildman–Crippen MR) is 58.3 cm³/mol. The molecule has 0 unspecified atom stereocenters. The van der Waals surface area contributed by atoms with Crippen molar-refractivity contribution in [1.82, 2.24) is 0 Å². The van der Waals surface area contributed by atoms with E-state index in [1.54, 1.807) is 6.07 Å². The summed E-state index contributed by atoms with van der Waals surface area (Å²) in [5, 5.41) is 8.76. The number of nitrogen functional groups attached to an aromatic ring is 1. The highest BCUT2D eigenvalue weighted by molar-refractivity contribution is 5.73. The topological polar surface area (TPSA) is 46.2 Å². The Morgan fingerprint density at radius 3 is 2.38 bits per heavy atom. The van der Waals surface area contributed by atoms with Crippen molar-refractivity contribution in [3.8, 4) is 0 Å². The van der Waals surface area contributed by atoms with Gasteiger partial charge in [0.05, 0.1) is 6.61 Å². The van der Waals surface area contributed by atoms with Crippen molar-refractivity contribution >= 4 is 11.3 Å². The lowest BCUT2D eigenvalue weighted by Crippen LogP contribution is -1.94. The fourth-order valence-electron chi connectivity index (χ4n) is 0.904. The molecule has 0 heterocycles. The highest BCUT2D eigenvalue weighted by Gasteiger charge is 1.99. The lowest BCUT2D eigenvalue weighted by Gasteiger charge is -2.04. The Morgan fingerprint density at radius 1 is 1.38 bits per heavy atom. The minimum Gasteiger partial charge on any atom is -0.398 e. The van der Waals surface area contributed by atoms with Crippen molar-refractivity contribution < 1.29 is 5.11 Å². The van der Waals surface area contributed by atoms with Crippen molar-refractivity contribution in [2.45, 2.75) is 13.8 Å². The largest absolute Gasteiger partial charge is 0.398 e. The maximum absolute atomic E-state index is 8.76. The van der Waals surface area contributed by atoms with E-state index in [-0.39, 0.29) is 6.61 Å². The molecule has 1 aromatic carbocycles. The zero-order valence-corrected chi connectivity index (χ0v) is 8.25. The van der Waals surface area contributed by atoms with Gasteiger partial charge in [-0.1, -0.05) is 38.6 Å². The van der Waals surface area contributed by atoms with E-state index < -0.39 is 0 Å².